The summed E-state index contributed by atoms with van der Waals surface area (Å²) in [6.45, 7) is 0.360. The average molecular weight is 409 g/mol. The number of carbonyl (C=O) groups is 2. The fourth-order valence-electron chi connectivity index (χ4n) is 2.80. The van der Waals surface area contributed by atoms with Crippen LogP contribution in [0.2, 0.25) is 5.02 Å². The minimum absolute atomic E-state index is 0.239. The highest BCUT2D eigenvalue weighted by Crippen LogP contribution is 2.24. The van der Waals surface area contributed by atoms with E-state index in [-0.39, 0.29) is 11.8 Å². The first-order valence-electron chi connectivity index (χ1n) is 8.99. The van der Waals surface area contributed by atoms with Crippen LogP contribution in [0.4, 0.5) is 11.4 Å². The van der Waals surface area contributed by atoms with Gasteiger partial charge in [-0.2, -0.15) is 0 Å². The third-order valence-corrected chi connectivity index (χ3v) is 4.48. The summed E-state index contributed by atoms with van der Waals surface area (Å²) in [7, 11) is 3.72. The number of nitrogens with zero attached hydrogens (tertiary/aromatic N) is 2. The minimum atomic E-state index is -0.299. The number of hydrogen-bond donors (Lipinski definition) is 2. The molecule has 0 radical (unpaired) electrons. The fourth-order valence-corrected chi connectivity index (χ4v) is 2.99. The molecule has 0 fully saturated rings. The van der Waals surface area contributed by atoms with Crippen molar-refractivity contribution in [2.24, 2.45) is 0 Å². The van der Waals surface area contributed by atoms with Crippen LogP contribution in [0.5, 0.6) is 0 Å². The fraction of sp³-hybridized carbons (Fsp3) is 0.136. The van der Waals surface area contributed by atoms with Gasteiger partial charge in [-0.3, -0.25) is 14.6 Å². The molecule has 1 aromatic heterocycles. The van der Waals surface area contributed by atoms with Crippen molar-refractivity contribution in [2.45, 2.75) is 6.54 Å². The first kappa shape index (κ1) is 20.4. The van der Waals surface area contributed by atoms with E-state index < -0.39 is 0 Å². The van der Waals surface area contributed by atoms with E-state index in [2.05, 4.69) is 15.6 Å². The molecule has 0 spiro atoms. The van der Waals surface area contributed by atoms with Crippen LogP contribution in [0.1, 0.15) is 26.3 Å². The average Bonchev–Trinajstić information content (AvgIpc) is 2.72. The van der Waals surface area contributed by atoms with Gasteiger partial charge in [0.15, 0.2) is 0 Å². The third kappa shape index (κ3) is 5.33. The number of rotatable bonds is 6. The Morgan fingerprint density at radius 1 is 1.03 bits per heavy atom. The first-order valence-corrected chi connectivity index (χ1v) is 9.37. The molecular formula is C22H21ClN4O2. The van der Waals surface area contributed by atoms with Crippen molar-refractivity contribution < 1.29 is 9.59 Å². The van der Waals surface area contributed by atoms with Crippen molar-refractivity contribution in [2.75, 3.05) is 24.3 Å². The molecule has 3 rings (SSSR count). The normalized spacial score (nSPS) is 10.3. The largest absolute Gasteiger partial charge is 0.377 e. The standard InChI is InChI=1S/C22H21ClN4O2/c1-27(2)20-9-8-18(26-21(28)16-6-3-7-17(23)11-16)12-19(20)22(29)25-14-15-5-4-10-24-13-15/h3-13H,14H2,1-2H3,(H,25,29)(H,26,28). The lowest BCUT2D eigenvalue weighted by Gasteiger charge is -2.18. The number of aromatic nitrogens is 1. The summed E-state index contributed by atoms with van der Waals surface area (Å²) >= 11 is 5.96. The van der Waals surface area contributed by atoms with E-state index in [1.807, 2.05) is 31.1 Å². The second-order valence-corrected chi connectivity index (χ2v) is 7.07. The summed E-state index contributed by atoms with van der Waals surface area (Å²) in [5, 5.41) is 6.19. The van der Waals surface area contributed by atoms with E-state index in [1.54, 1.807) is 54.9 Å². The number of benzene rings is 2. The number of halogens is 1. The van der Waals surface area contributed by atoms with Crippen molar-refractivity contribution in [1.29, 1.82) is 0 Å². The molecule has 0 bridgehead atoms. The molecule has 2 amide bonds. The Bertz CT molecular complexity index is 1020. The molecule has 2 aromatic carbocycles. The zero-order valence-electron chi connectivity index (χ0n) is 16.1. The molecule has 0 atom stereocenters. The minimum Gasteiger partial charge on any atom is -0.377 e. The number of amides is 2. The van der Waals surface area contributed by atoms with Crippen LogP contribution in [0.3, 0.4) is 0 Å². The lowest BCUT2D eigenvalue weighted by Crippen LogP contribution is -2.25. The molecule has 29 heavy (non-hydrogen) atoms. The van der Waals surface area contributed by atoms with Gasteiger partial charge in [0.2, 0.25) is 0 Å². The van der Waals surface area contributed by atoms with E-state index in [0.29, 0.717) is 28.4 Å². The Morgan fingerprint density at radius 3 is 2.55 bits per heavy atom. The first-order chi connectivity index (χ1) is 13.9. The van der Waals surface area contributed by atoms with Crippen LogP contribution in [0, 0.1) is 0 Å². The topological polar surface area (TPSA) is 74.3 Å². The van der Waals surface area contributed by atoms with Crippen molar-refractivity contribution >= 4 is 34.8 Å². The Morgan fingerprint density at radius 2 is 1.86 bits per heavy atom. The molecule has 6 nitrogen and oxygen atoms in total. The quantitative estimate of drug-likeness (QED) is 0.646. The molecule has 0 aliphatic carbocycles. The summed E-state index contributed by atoms with van der Waals surface area (Å²) in [6, 6.07) is 15.6. The Labute approximate surface area is 174 Å². The molecule has 0 saturated carbocycles. The lowest BCUT2D eigenvalue weighted by molar-refractivity contribution is 0.0950. The predicted molar refractivity (Wildman–Crippen MR) is 116 cm³/mol. The molecular weight excluding hydrogens is 388 g/mol. The zero-order valence-corrected chi connectivity index (χ0v) is 16.9. The number of nitrogens with one attached hydrogen (secondary N) is 2. The molecule has 1 heterocycles. The lowest BCUT2D eigenvalue weighted by atomic mass is 10.1. The van der Waals surface area contributed by atoms with Crippen LogP contribution in [-0.2, 0) is 6.54 Å². The maximum atomic E-state index is 12.8. The van der Waals surface area contributed by atoms with Crippen LogP contribution < -0.4 is 15.5 Å². The number of anilines is 2. The maximum Gasteiger partial charge on any atom is 0.255 e. The van der Waals surface area contributed by atoms with Gasteiger partial charge in [0.1, 0.15) is 0 Å². The summed E-state index contributed by atoms with van der Waals surface area (Å²) in [5.74, 6) is -0.539. The van der Waals surface area contributed by atoms with Crippen molar-refractivity contribution in [3.05, 3.63) is 88.7 Å². The summed E-state index contributed by atoms with van der Waals surface area (Å²) in [4.78, 5) is 31.2. The Balaban J connectivity index is 1.80. The molecule has 7 heteroatoms. The monoisotopic (exact) mass is 408 g/mol. The second kappa shape index (κ2) is 9.21. The van der Waals surface area contributed by atoms with E-state index >= 15 is 0 Å². The van der Waals surface area contributed by atoms with Crippen molar-refractivity contribution in [3.63, 3.8) is 0 Å². The molecule has 0 saturated heterocycles. The van der Waals surface area contributed by atoms with E-state index in [9.17, 15) is 9.59 Å². The molecule has 0 unspecified atom stereocenters. The van der Waals surface area contributed by atoms with Crippen molar-refractivity contribution in [1.82, 2.24) is 10.3 Å². The maximum absolute atomic E-state index is 12.8. The number of pyridine rings is 1. The van der Waals surface area contributed by atoms with Gasteiger partial charge in [0, 0.05) is 55.0 Å². The molecule has 2 N–H and O–H groups in total. The zero-order chi connectivity index (χ0) is 20.8. The SMILES string of the molecule is CN(C)c1ccc(NC(=O)c2cccc(Cl)c2)cc1C(=O)NCc1cccnc1. The number of hydrogen-bond acceptors (Lipinski definition) is 4. The predicted octanol–water partition coefficient (Wildman–Crippen LogP) is 3.98. The molecule has 0 aliphatic heterocycles. The van der Waals surface area contributed by atoms with E-state index in [4.69, 9.17) is 11.6 Å². The van der Waals surface area contributed by atoms with E-state index in [1.165, 1.54) is 0 Å². The van der Waals surface area contributed by atoms with Crippen LogP contribution in [0.15, 0.2) is 67.0 Å². The van der Waals surface area contributed by atoms with Gasteiger partial charge in [-0.15, -0.1) is 0 Å². The van der Waals surface area contributed by atoms with Gasteiger partial charge in [-0.25, -0.2) is 0 Å². The second-order valence-electron chi connectivity index (χ2n) is 6.63. The van der Waals surface area contributed by atoms with Gasteiger partial charge in [0.25, 0.3) is 11.8 Å². The van der Waals surface area contributed by atoms with Gasteiger partial charge in [-0.05, 0) is 48.0 Å². The van der Waals surface area contributed by atoms with E-state index in [0.717, 1.165) is 11.3 Å². The van der Waals surface area contributed by atoms with Gasteiger partial charge in [-0.1, -0.05) is 23.7 Å². The highest BCUT2D eigenvalue weighted by molar-refractivity contribution is 6.31. The summed E-state index contributed by atoms with van der Waals surface area (Å²) in [5.41, 5.74) is 3.07. The van der Waals surface area contributed by atoms with Gasteiger partial charge >= 0.3 is 0 Å². The molecule has 148 valence electrons. The smallest absolute Gasteiger partial charge is 0.255 e. The van der Waals surface area contributed by atoms with Crippen LogP contribution in [-0.4, -0.2) is 30.9 Å². The summed E-state index contributed by atoms with van der Waals surface area (Å²) < 4.78 is 0. The Kier molecular flexibility index (Phi) is 6.46. The molecule has 3 aromatic rings. The van der Waals surface area contributed by atoms with Gasteiger partial charge < -0.3 is 15.5 Å². The van der Waals surface area contributed by atoms with Crippen LogP contribution in [0.25, 0.3) is 0 Å². The highest BCUT2D eigenvalue weighted by atomic mass is 35.5. The Hall–Kier alpha value is -3.38. The number of carbonyl (C=O) groups excluding carboxylic acids is 2. The molecule has 0 aliphatic rings. The van der Waals surface area contributed by atoms with Gasteiger partial charge in [0.05, 0.1) is 5.56 Å². The highest BCUT2D eigenvalue weighted by Gasteiger charge is 2.15. The third-order valence-electron chi connectivity index (χ3n) is 4.24. The summed E-state index contributed by atoms with van der Waals surface area (Å²) in [6.07, 6.45) is 3.39. The van der Waals surface area contributed by atoms with Crippen LogP contribution >= 0.6 is 11.6 Å². The van der Waals surface area contributed by atoms with Crippen molar-refractivity contribution in [3.8, 4) is 0 Å².